The van der Waals surface area contributed by atoms with E-state index in [0.29, 0.717) is 4.83 Å². The highest BCUT2D eigenvalue weighted by Crippen LogP contribution is 2.38. The van der Waals surface area contributed by atoms with Crippen LogP contribution in [0.5, 0.6) is 0 Å². The van der Waals surface area contributed by atoms with Crippen LogP contribution in [0.4, 0.5) is 0 Å². The lowest BCUT2D eigenvalue weighted by molar-refractivity contribution is 0.957. The van der Waals surface area contributed by atoms with E-state index in [4.69, 9.17) is 11.6 Å². The van der Waals surface area contributed by atoms with E-state index >= 15 is 0 Å². The third-order valence-corrected chi connectivity index (χ3v) is 5.78. The van der Waals surface area contributed by atoms with Crippen LogP contribution in [-0.2, 0) is 6.42 Å². The number of thiophene rings is 1. The normalized spacial score (nSPS) is 12.7. The molecule has 0 aliphatic rings. The van der Waals surface area contributed by atoms with Crippen molar-refractivity contribution in [3.05, 3.63) is 56.2 Å². The first-order chi connectivity index (χ1) is 8.09. The first-order valence-corrected chi connectivity index (χ1v) is 7.69. The molecule has 1 aromatic heterocycles. The molecular weight excluding hydrogens is 316 g/mol. The largest absolute Gasteiger partial charge is 0.146 e. The summed E-state index contributed by atoms with van der Waals surface area (Å²) in [7, 11) is 0. The van der Waals surface area contributed by atoms with Crippen molar-refractivity contribution in [2.45, 2.75) is 25.1 Å². The minimum absolute atomic E-state index is 0.301. The van der Waals surface area contributed by atoms with Crippen molar-refractivity contribution in [1.29, 1.82) is 0 Å². The van der Waals surface area contributed by atoms with Gasteiger partial charge in [0, 0.05) is 4.88 Å². The fourth-order valence-electron chi connectivity index (χ4n) is 1.79. The van der Waals surface area contributed by atoms with Crippen LogP contribution in [0.15, 0.2) is 29.6 Å². The first kappa shape index (κ1) is 13.1. The summed E-state index contributed by atoms with van der Waals surface area (Å²) in [5.74, 6) is 0. The van der Waals surface area contributed by atoms with Gasteiger partial charge in [-0.05, 0) is 42.3 Å². The SMILES string of the molecule is Cc1ccccc1CC(Br)c1scc(C)c1Cl. The molecule has 2 rings (SSSR count). The van der Waals surface area contributed by atoms with Gasteiger partial charge in [-0.25, -0.2) is 0 Å². The molecule has 0 aliphatic heterocycles. The molecule has 2 aromatic rings. The monoisotopic (exact) mass is 328 g/mol. The number of alkyl halides is 1. The molecule has 1 atom stereocenters. The Kier molecular flexibility index (Phi) is 4.29. The molecule has 90 valence electrons. The van der Waals surface area contributed by atoms with E-state index < -0.39 is 0 Å². The molecule has 0 bridgehead atoms. The van der Waals surface area contributed by atoms with E-state index in [1.54, 1.807) is 11.3 Å². The number of rotatable bonds is 3. The van der Waals surface area contributed by atoms with Crippen molar-refractivity contribution in [2.75, 3.05) is 0 Å². The average Bonchev–Trinajstić information content (AvgIpc) is 2.63. The van der Waals surface area contributed by atoms with Crippen LogP contribution in [0.3, 0.4) is 0 Å². The molecule has 0 spiro atoms. The van der Waals surface area contributed by atoms with Gasteiger partial charge < -0.3 is 0 Å². The van der Waals surface area contributed by atoms with Crippen molar-refractivity contribution in [3.8, 4) is 0 Å². The molecular formula is C14H14BrClS. The summed E-state index contributed by atoms with van der Waals surface area (Å²) < 4.78 is 0. The van der Waals surface area contributed by atoms with Gasteiger partial charge in [-0.15, -0.1) is 11.3 Å². The van der Waals surface area contributed by atoms with Crippen LogP contribution in [0.25, 0.3) is 0 Å². The Balaban J connectivity index is 2.20. The molecule has 0 nitrogen and oxygen atoms in total. The Morgan fingerprint density at radius 1 is 1.24 bits per heavy atom. The molecule has 1 unspecified atom stereocenters. The molecule has 0 saturated heterocycles. The van der Waals surface area contributed by atoms with Crippen molar-refractivity contribution in [2.24, 2.45) is 0 Å². The van der Waals surface area contributed by atoms with Gasteiger partial charge in [-0.2, -0.15) is 0 Å². The van der Waals surface area contributed by atoms with Gasteiger partial charge in [0.25, 0.3) is 0 Å². The first-order valence-electron chi connectivity index (χ1n) is 5.51. The molecule has 1 aromatic carbocycles. The quantitative estimate of drug-likeness (QED) is 0.634. The summed E-state index contributed by atoms with van der Waals surface area (Å²) >= 11 is 11.8. The Labute approximate surface area is 120 Å². The summed E-state index contributed by atoms with van der Waals surface area (Å²) in [5.41, 5.74) is 3.87. The van der Waals surface area contributed by atoms with Gasteiger partial charge in [0.05, 0.1) is 9.85 Å². The van der Waals surface area contributed by atoms with Crippen LogP contribution in [0, 0.1) is 13.8 Å². The number of hydrogen-bond acceptors (Lipinski definition) is 1. The number of benzene rings is 1. The van der Waals surface area contributed by atoms with Gasteiger partial charge in [0.15, 0.2) is 0 Å². The van der Waals surface area contributed by atoms with Crippen molar-refractivity contribution in [1.82, 2.24) is 0 Å². The molecule has 0 fully saturated rings. The van der Waals surface area contributed by atoms with Gasteiger partial charge in [-0.3, -0.25) is 0 Å². The lowest BCUT2D eigenvalue weighted by atomic mass is 10.0. The topological polar surface area (TPSA) is 0 Å². The minimum atomic E-state index is 0.301. The van der Waals surface area contributed by atoms with Gasteiger partial charge in [-0.1, -0.05) is 51.8 Å². The van der Waals surface area contributed by atoms with Crippen LogP contribution >= 0.6 is 38.9 Å². The second-order valence-corrected chi connectivity index (χ2v) is 6.59. The molecule has 0 amide bonds. The van der Waals surface area contributed by atoms with Crippen molar-refractivity contribution >= 4 is 38.9 Å². The van der Waals surface area contributed by atoms with E-state index in [9.17, 15) is 0 Å². The van der Waals surface area contributed by atoms with Crippen LogP contribution in [0.2, 0.25) is 5.02 Å². The summed E-state index contributed by atoms with van der Waals surface area (Å²) in [6, 6.07) is 8.49. The van der Waals surface area contributed by atoms with E-state index in [-0.39, 0.29) is 0 Å². The molecule has 1 heterocycles. The molecule has 0 N–H and O–H groups in total. The second-order valence-electron chi connectivity index (χ2n) is 4.20. The number of aryl methyl sites for hydroxylation is 2. The maximum atomic E-state index is 6.29. The number of halogens is 2. The second kappa shape index (κ2) is 5.55. The maximum Gasteiger partial charge on any atom is 0.0585 e. The van der Waals surface area contributed by atoms with Crippen molar-refractivity contribution in [3.63, 3.8) is 0 Å². The predicted octanol–water partition coefficient (Wildman–Crippen LogP) is 5.70. The molecule has 17 heavy (non-hydrogen) atoms. The Morgan fingerprint density at radius 3 is 2.53 bits per heavy atom. The lowest BCUT2D eigenvalue weighted by Crippen LogP contribution is -1.96. The van der Waals surface area contributed by atoms with Crippen molar-refractivity contribution < 1.29 is 0 Å². The summed E-state index contributed by atoms with van der Waals surface area (Å²) in [6.07, 6.45) is 0.979. The summed E-state index contributed by atoms with van der Waals surface area (Å²) in [6.45, 7) is 4.20. The predicted molar refractivity (Wildman–Crippen MR) is 80.6 cm³/mol. The van der Waals surface area contributed by atoms with E-state index in [1.165, 1.54) is 21.6 Å². The average molecular weight is 330 g/mol. The fraction of sp³-hybridized carbons (Fsp3) is 0.286. The van der Waals surface area contributed by atoms with Gasteiger partial charge in [0.1, 0.15) is 0 Å². The van der Waals surface area contributed by atoms with E-state index in [2.05, 4.69) is 59.4 Å². The Hall–Kier alpha value is -0.310. The lowest BCUT2D eigenvalue weighted by Gasteiger charge is -2.11. The molecule has 0 radical (unpaired) electrons. The smallest absolute Gasteiger partial charge is 0.0585 e. The zero-order chi connectivity index (χ0) is 12.4. The molecule has 0 saturated carbocycles. The highest BCUT2D eigenvalue weighted by atomic mass is 79.9. The highest BCUT2D eigenvalue weighted by molar-refractivity contribution is 9.09. The zero-order valence-corrected chi connectivity index (χ0v) is 13.0. The third-order valence-electron chi connectivity index (χ3n) is 2.87. The maximum absolute atomic E-state index is 6.29. The van der Waals surface area contributed by atoms with Gasteiger partial charge in [0.2, 0.25) is 0 Å². The van der Waals surface area contributed by atoms with Gasteiger partial charge >= 0.3 is 0 Å². The van der Waals surface area contributed by atoms with E-state index in [0.717, 1.165) is 11.4 Å². The Morgan fingerprint density at radius 2 is 1.94 bits per heavy atom. The summed E-state index contributed by atoms with van der Waals surface area (Å²) in [4.78, 5) is 1.53. The number of hydrogen-bond donors (Lipinski definition) is 0. The van der Waals surface area contributed by atoms with Crippen LogP contribution < -0.4 is 0 Å². The zero-order valence-electron chi connectivity index (χ0n) is 9.84. The molecule has 3 heteroatoms. The van der Waals surface area contributed by atoms with E-state index in [1.807, 2.05) is 0 Å². The summed E-state index contributed by atoms with van der Waals surface area (Å²) in [5, 5.41) is 3.02. The highest BCUT2D eigenvalue weighted by Gasteiger charge is 2.16. The standard InChI is InChI=1S/C14H14BrClS/c1-9-5-3-4-6-11(9)7-12(15)14-13(16)10(2)8-17-14/h3-6,8,12H,7H2,1-2H3. The minimum Gasteiger partial charge on any atom is -0.146 e. The van der Waals surface area contributed by atoms with Crippen LogP contribution in [0.1, 0.15) is 26.4 Å². The molecule has 0 aliphatic carbocycles. The van der Waals surface area contributed by atoms with Crippen LogP contribution in [-0.4, -0.2) is 0 Å². The Bertz CT molecular complexity index is 519. The fourth-order valence-corrected chi connectivity index (χ4v) is 4.12. The third kappa shape index (κ3) is 2.93.